The second-order valence-corrected chi connectivity index (χ2v) is 10.7. The van der Waals surface area contributed by atoms with Gasteiger partial charge in [-0.2, -0.15) is 0 Å². The van der Waals surface area contributed by atoms with E-state index in [0.29, 0.717) is 11.3 Å². The van der Waals surface area contributed by atoms with Crippen LogP contribution in [0.4, 0.5) is 4.79 Å². The van der Waals surface area contributed by atoms with Crippen molar-refractivity contribution in [2.75, 3.05) is 12.3 Å². The van der Waals surface area contributed by atoms with Crippen LogP contribution in [0.3, 0.4) is 0 Å². The van der Waals surface area contributed by atoms with Crippen molar-refractivity contribution in [3.63, 3.8) is 0 Å². The van der Waals surface area contributed by atoms with Crippen LogP contribution in [0.15, 0.2) is 50.4 Å². The molecule has 0 aliphatic carbocycles. The number of hydrogen-bond acceptors (Lipinski definition) is 8. The first-order valence-electron chi connectivity index (χ1n) is 7.46. The molecule has 0 spiro atoms. The molecule has 1 aromatic heterocycles. The molecule has 11 heteroatoms. The third-order valence-corrected chi connectivity index (χ3v) is 8.51. The Morgan fingerprint density at radius 1 is 1.00 bits per heavy atom. The van der Waals surface area contributed by atoms with E-state index in [9.17, 15) is 21.6 Å². The van der Waals surface area contributed by atoms with Crippen LogP contribution in [0.5, 0.6) is 0 Å². The molecule has 26 heavy (non-hydrogen) atoms. The molecular formula is C15H18N2O6S3. The number of sulfone groups is 2. The molecular weight excluding hydrogens is 400 g/mol. The minimum absolute atomic E-state index is 0.0282. The number of amides is 1. The molecule has 0 saturated carbocycles. The second kappa shape index (κ2) is 8.16. The molecule has 0 bridgehead atoms. The average Bonchev–Trinajstić information content (AvgIpc) is 3.08. The molecule has 0 saturated heterocycles. The normalized spacial score (nSPS) is 12.0. The van der Waals surface area contributed by atoms with Crippen molar-refractivity contribution in [2.24, 2.45) is 11.5 Å². The highest BCUT2D eigenvalue weighted by Gasteiger charge is 2.22. The minimum Gasteiger partial charge on any atom is -0.444 e. The first-order chi connectivity index (χ1) is 12.2. The van der Waals surface area contributed by atoms with E-state index in [2.05, 4.69) is 4.74 Å². The topological polar surface area (TPSA) is 147 Å². The van der Waals surface area contributed by atoms with E-state index in [0.717, 1.165) is 11.3 Å². The molecule has 1 aromatic carbocycles. The molecule has 4 N–H and O–H groups in total. The van der Waals surface area contributed by atoms with Gasteiger partial charge in [0, 0.05) is 4.88 Å². The Morgan fingerprint density at radius 2 is 1.62 bits per heavy atom. The molecule has 0 aliphatic heterocycles. The molecule has 142 valence electrons. The van der Waals surface area contributed by atoms with Crippen molar-refractivity contribution in [3.05, 3.63) is 41.3 Å². The summed E-state index contributed by atoms with van der Waals surface area (Å²) in [6.07, 6.45) is -0.623. The number of ether oxygens (including phenoxy) is 1. The van der Waals surface area contributed by atoms with Crippen LogP contribution >= 0.6 is 11.3 Å². The maximum absolute atomic E-state index is 12.6. The monoisotopic (exact) mass is 418 g/mol. The third-order valence-electron chi connectivity index (χ3n) is 3.37. The summed E-state index contributed by atoms with van der Waals surface area (Å²) in [5.41, 5.74) is 10.2. The Hall–Kier alpha value is -1.95. The molecule has 2 rings (SSSR count). The zero-order chi connectivity index (χ0) is 19.4. The second-order valence-electron chi connectivity index (χ2n) is 5.26. The molecule has 0 fully saturated rings. The lowest BCUT2D eigenvalue weighted by Crippen LogP contribution is -2.12. The van der Waals surface area contributed by atoms with Gasteiger partial charge in [-0.1, -0.05) is 0 Å². The summed E-state index contributed by atoms with van der Waals surface area (Å²) >= 11 is 0.945. The first-order valence-corrected chi connectivity index (χ1v) is 11.4. The van der Waals surface area contributed by atoms with Gasteiger partial charge in [0.05, 0.1) is 15.5 Å². The summed E-state index contributed by atoms with van der Waals surface area (Å²) in [4.78, 5) is 11.1. The summed E-state index contributed by atoms with van der Waals surface area (Å²) in [6, 6.07) is 7.96. The number of carbonyl (C=O) groups is 1. The molecule has 0 aliphatic rings. The quantitative estimate of drug-likeness (QED) is 0.656. The Morgan fingerprint density at radius 3 is 2.19 bits per heavy atom. The van der Waals surface area contributed by atoms with Gasteiger partial charge in [0.15, 0.2) is 9.84 Å². The van der Waals surface area contributed by atoms with E-state index in [1.54, 1.807) is 0 Å². The van der Waals surface area contributed by atoms with Gasteiger partial charge in [-0.25, -0.2) is 21.6 Å². The lowest BCUT2D eigenvalue weighted by Gasteiger charge is -2.06. The van der Waals surface area contributed by atoms with Crippen LogP contribution in [0, 0.1) is 0 Å². The standard InChI is InChI=1S/C15H18N2O6S3/c16-8-1-9-25(19,20)12-3-5-13(6-4-12)26(21,22)14-7-2-11(24-14)10-23-15(17)18/h2-7H,1,8-10,16H2,(H2,17,18). The maximum Gasteiger partial charge on any atom is 0.404 e. The minimum atomic E-state index is -3.80. The summed E-state index contributed by atoms with van der Waals surface area (Å²) in [6.45, 7) is 0.139. The van der Waals surface area contributed by atoms with Crippen LogP contribution in [0.1, 0.15) is 11.3 Å². The molecule has 2 aromatic rings. The predicted octanol–water partition coefficient (Wildman–Crippen LogP) is 1.30. The third kappa shape index (κ3) is 4.81. The van der Waals surface area contributed by atoms with Crippen molar-refractivity contribution in [2.45, 2.75) is 27.0 Å². The summed E-state index contributed by atoms with van der Waals surface area (Å²) in [5, 5.41) is 0. The summed E-state index contributed by atoms with van der Waals surface area (Å²) < 4.78 is 54.1. The van der Waals surface area contributed by atoms with Crippen LogP contribution in [-0.4, -0.2) is 35.2 Å². The first kappa shape index (κ1) is 20.4. The fourth-order valence-corrected chi connectivity index (χ4v) is 6.06. The van der Waals surface area contributed by atoms with Crippen molar-refractivity contribution in [1.29, 1.82) is 0 Å². The van der Waals surface area contributed by atoms with E-state index < -0.39 is 25.8 Å². The lowest BCUT2D eigenvalue weighted by molar-refractivity contribution is 0.151. The highest BCUT2D eigenvalue weighted by molar-refractivity contribution is 7.93. The van der Waals surface area contributed by atoms with E-state index in [1.807, 2.05) is 0 Å². The van der Waals surface area contributed by atoms with Gasteiger partial charge in [0.25, 0.3) is 0 Å². The van der Waals surface area contributed by atoms with E-state index in [1.165, 1.54) is 36.4 Å². The number of hydrogen-bond donors (Lipinski definition) is 2. The molecule has 1 amide bonds. The Labute approximate surface area is 155 Å². The predicted molar refractivity (Wildman–Crippen MR) is 96.3 cm³/mol. The highest BCUT2D eigenvalue weighted by atomic mass is 32.2. The SMILES string of the molecule is NCCCS(=O)(=O)c1ccc(S(=O)(=O)c2ccc(COC(N)=O)s2)cc1. The van der Waals surface area contributed by atoms with Gasteiger partial charge in [0.1, 0.15) is 10.8 Å². The van der Waals surface area contributed by atoms with Crippen LogP contribution in [0.2, 0.25) is 0 Å². The average molecular weight is 419 g/mol. The van der Waals surface area contributed by atoms with Crippen molar-refractivity contribution in [3.8, 4) is 0 Å². The van der Waals surface area contributed by atoms with Crippen molar-refractivity contribution >= 4 is 37.1 Å². The van der Waals surface area contributed by atoms with Gasteiger partial charge in [-0.15, -0.1) is 11.3 Å². The van der Waals surface area contributed by atoms with Gasteiger partial charge in [-0.3, -0.25) is 0 Å². The Balaban J connectivity index is 2.23. The van der Waals surface area contributed by atoms with Crippen molar-refractivity contribution < 1.29 is 26.4 Å². The number of rotatable bonds is 8. The molecule has 8 nitrogen and oxygen atoms in total. The van der Waals surface area contributed by atoms with E-state index in [4.69, 9.17) is 11.5 Å². The number of nitrogens with two attached hydrogens (primary N) is 2. The Bertz CT molecular complexity index is 979. The van der Waals surface area contributed by atoms with Crippen LogP contribution < -0.4 is 11.5 Å². The lowest BCUT2D eigenvalue weighted by atomic mass is 10.4. The van der Waals surface area contributed by atoms with Gasteiger partial charge >= 0.3 is 6.09 Å². The van der Waals surface area contributed by atoms with E-state index in [-0.39, 0.29) is 32.9 Å². The summed E-state index contributed by atoms with van der Waals surface area (Å²) in [5.74, 6) is -0.0935. The number of thiophene rings is 1. The summed E-state index contributed by atoms with van der Waals surface area (Å²) in [7, 11) is -7.30. The number of primary amides is 1. The zero-order valence-corrected chi connectivity index (χ0v) is 16.1. The zero-order valence-electron chi connectivity index (χ0n) is 13.6. The molecule has 1 heterocycles. The molecule has 0 radical (unpaired) electrons. The van der Waals surface area contributed by atoms with Crippen LogP contribution in [0.25, 0.3) is 0 Å². The fraction of sp³-hybridized carbons (Fsp3) is 0.267. The highest BCUT2D eigenvalue weighted by Crippen LogP contribution is 2.29. The van der Waals surface area contributed by atoms with Gasteiger partial charge in [0.2, 0.25) is 9.84 Å². The largest absolute Gasteiger partial charge is 0.444 e. The molecule has 0 atom stereocenters. The number of carbonyl (C=O) groups excluding carboxylic acids is 1. The van der Waals surface area contributed by atoms with Crippen molar-refractivity contribution in [1.82, 2.24) is 0 Å². The Kier molecular flexibility index (Phi) is 6.39. The smallest absolute Gasteiger partial charge is 0.404 e. The number of benzene rings is 1. The van der Waals surface area contributed by atoms with Crippen LogP contribution in [-0.2, 0) is 31.0 Å². The van der Waals surface area contributed by atoms with Gasteiger partial charge in [-0.05, 0) is 49.4 Å². The van der Waals surface area contributed by atoms with Gasteiger partial charge < -0.3 is 16.2 Å². The maximum atomic E-state index is 12.6. The molecule has 0 unspecified atom stereocenters. The van der Waals surface area contributed by atoms with E-state index >= 15 is 0 Å². The fourth-order valence-electron chi connectivity index (χ4n) is 2.06.